The third-order valence-electron chi connectivity index (χ3n) is 4.40. The van der Waals surface area contributed by atoms with Crippen LogP contribution in [0.15, 0.2) is 36.4 Å². The Hall–Kier alpha value is -3.46. The Morgan fingerprint density at radius 2 is 1.09 bits per heavy atom. The van der Waals surface area contributed by atoms with Crippen LogP contribution in [-0.4, -0.2) is 42.7 Å². The zero-order valence-electron chi connectivity index (χ0n) is 20.9. The Morgan fingerprint density at radius 3 is 1.38 bits per heavy atom. The van der Waals surface area contributed by atoms with E-state index in [-0.39, 0.29) is 11.4 Å². The monoisotopic (exact) mass is 474 g/mol. The molecule has 3 N–H and O–H groups in total. The molecular weight excluding hydrogens is 440 g/mol. The number of hydrogen-bond donors (Lipinski definition) is 3. The second-order valence-corrected chi connectivity index (χ2v) is 9.51. The molecule has 0 atom stereocenters. The molecule has 0 aliphatic carbocycles. The number of methoxy groups -OCH3 is 2. The number of anilines is 2. The Morgan fingerprint density at radius 1 is 0.735 bits per heavy atom. The van der Waals surface area contributed by atoms with Crippen molar-refractivity contribution in [1.82, 2.24) is 0 Å². The van der Waals surface area contributed by atoms with E-state index >= 15 is 0 Å². The molecule has 0 fully saturated rings. The van der Waals surface area contributed by atoms with E-state index in [2.05, 4.69) is 10.6 Å². The molecular formula is C25H34N2O7. The van der Waals surface area contributed by atoms with E-state index in [0.29, 0.717) is 22.6 Å². The van der Waals surface area contributed by atoms with Crippen molar-refractivity contribution in [2.75, 3.05) is 24.9 Å². The molecule has 0 aromatic heterocycles. The molecule has 34 heavy (non-hydrogen) atoms. The number of ether oxygens (including phenoxy) is 4. The largest absolute Gasteiger partial charge is 0.495 e. The first-order valence-corrected chi connectivity index (χ1v) is 10.8. The number of carbonyl (C=O) groups is 2. The maximum atomic E-state index is 12.5. The molecule has 9 nitrogen and oxygen atoms in total. The zero-order chi connectivity index (χ0) is 25.7. The first-order valence-electron chi connectivity index (χ1n) is 10.8. The molecule has 0 bridgehead atoms. The van der Waals surface area contributed by atoms with E-state index in [1.807, 2.05) is 0 Å². The third-order valence-corrected chi connectivity index (χ3v) is 4.40. The highest BCUT2D eigenvalue weighted by Crippen LogP contribution is 2.40. The van der Waals surface area contributed by atoms with E-state index < -0.39 is 29.5 Å². The van der Waals surface area contributed by atoms with Crippen LogP contribution in [0.3, 0.4) is 0 Å². The van der Waals surface area contributed by atoms with Gasteiger partial charge in [0.25, 0.3) is 0 Å². The molecule has 9 heteroatoms. The zero-order valence-corrected chi connectivity index (χ0v) is 20.9. The lowest BCUT2D eigenvalue weighted by atomic mass is 9.97. The average Bonchev–Trinajstić information content (AvgIpc) is 2.70. The summed E-state index contributed by atoms with van der Waals surface area (Å²) in [5.74, 6) is 0.652. The number of para-hydroxylation sites is 2. The van der Waals surface area contributed by atoms with Crippen molar-refractivity contribution >= 4 is 23.6 Å². The Bertz CT molecular complexity index is 941. The fraction of sp³-hybridized carbons (Fsp3) is 0.440. The highest BCUT2D eigenvalue weighted by Gasteiger charge is 2.26. The lowest BCUT2D eigenvalue weighted by molar-refractivity contribution is 0.0624. The van der Waals surface area contributed by atoms with E-state index in [0.717, 1.165) is 0 Å². The predicted octanol–water partition coefficient (Wildman–Crippen LogP) is 5.48. The van der Waals surface area contributed by atoms with Crippen molar-refractivity contribution in [3.05, 3.63) is 47.5 Å². The molecule has 2 amide bonds. The summed E-state index contributed by atoms with van der Waals surface area (Å²) in [6, 6.07) is 9.92. The molecule has 0 saturated carbocycles. The lowest BCUT2D eigenvalue weighted by Crippen LogP contribution is -2.28. The van der Waals surface area contributed by atoms with Crippen LogP contribution in [0, 0.1) is 0 Å². The van der Waals surface area contributed by atoms with Crippen LogP contribution in [0.1, 0.15) is 58.8 Å². The topological polar surface area (TPSA) is 115 Å². The minimum atomic E-state index is -1.28. The van der Waals surface area contributed by atoms with Gasteiger partial charge in [0.15, 0.2) is 0 Å². The summed E-state index contributed by atoms with van der Waals surface area (Å²) in [4.78, 5) is 25.0. The van der Waals surface area contributed by atoms with E-state index in [4.69, 9.17) is 18.9 Å². The lowest BCUT2D eigenvalue weighted by Gasteiger charge is -2.25. The number of carbonyl (C=O) groups excluding carboxylic acids is 2. The van der Waals surface area contributed by atoms with Crippen LogP contribution < -0.4 is 20.1 Å². The van der Waals surface area contributed by atoms with E-state index in [1.54, 1.807) is 77.9 Å². The molecule has 2 aromatic carbocycles. The number of benzene rings is 2. The fourth-order valence-corrected chi connectivity index (χ4v) is 3.14. The van der Waals surface area contributed by atoms with Crippen molar-refractivity contribution in [2.24, 2.45) is 0 Å². The van der Waals surface area contributed by atoms with Gasteiger partial charge in [0.1, 0.15) is 28.8 Å². The molecule has 0 heterocycles. The average molecular weight is 475 g/mol. The molecule has 0 aliphatic heterocycles. The first-order chi connectivity index (χ1) is 15.8. The quantitative estimate of drug-likeness (QED) is 0.508. The molecule has 0 saturated heterocycles. The number of hydrogen-bond acceptors (Lipinski definition) is 7. The van der Waals surface area contributed by atoms with Gasteiger partial charge in [-0.1, -0.05) is 24.3 Å². The van der Waals surface area contributed by atoms with Crippen LogP contribution in [-0.2, 0) is 9.47 Å². The minimum Gasteiger partial charge on any atom is -0.495 e. The summed E-state index contributed by atoms with van der Waals surface area (Å²) in [6.07, 6.45) is -2.69. The summed E-state index contributed by atoms with van der Waals surface area (Å²) in [5, 5.41) is 16.7. The summed E-state index contributed by atoms with van der Waals surface area (Å²) in [6.45, 7) is 10.5. The highest BCUT2D eigenvalue weighted by atomic mass is 16.6. The van der Waals surface area contributed by atoms with E-state index in [9.17, 15) is 14.7 Å². The predicted molar refractivity (Wildman–Crippen MR) is 130 cm³/mol. The standard InChI is InChI=1S/C25H34N2O7/c1-24(2,3)33-22(29)26-19-15(11-9-13-17(19)31-7)21(28)16-12-10-14-18(32-8)20(16)27-23(30)34-25(4,5)6/h9-14,21,28H,1-8H3,(H,26,29)(H,27,30). The van der Waals surface area contributed by atoms with Gasteiger partial charge in [-0.15, -0.1) is 0 Å². The van der Waals surface area contributed by atoms with Crippen molar-refractivity contribution < 1.29 is 33.6 Å². The van der Waals surface area contributed by atoms with Gasteiger partial charge in [-0.05, 0) is 53.7 Å². The van der Waals surface area contributed by atoms with Gasteiger partial charge >= 0.3 is 12.2 Å². The molecule has 0 unspecified atom stereocenters. The van der Waals surface area contributed by atoms with Crippen molar-refractivity contribution in [3.8, 4) is 11.5 Å². The fourth-order valence-electron chi connectivity index (χ4n) is 3.14. The maximum Gasteiger partial charge on any atom is 0.412 e. The van der Waals surface area contributed by atoms with Crippen LogP contribution in [0.5, 0.6) is 11.5 Å². The summed E-state index contributed by atoms with van der Waals surface area (Å²) < 4.78 is 21.5. The van der Waals surface area contributed by atoms with Crippen LogP contribution >= 0.6 is 0 Å². The van der Waals surface area contributed by atoms with Crippen molar-refractivity contribution in [3.63, 3.8) is 0 Å². The van der Waals surface area contributed by atoms with Crippen LogP contribution in [0.4, 0.5) is 21.0 Å². The number of aliphatic hydroxyl groups is 1. The van der Waals surface area contributed by atoms with Gasteiger partial charge in [-0.25, -0.2) is 9.59 Å². The highest BCUT2D eigenvalue weighted by molar-refractivity contribution is 5.90. The Balaban J connectivity index is 2.52. The molecule has 0 aliphatic rings. The molecule has 0 radical (unpaired) electrons. The van der Waals surface area contributed by atoms with Crippen molar-refractivity contribution in [2.45, 2.75) is 58.8 Å². The number of rotatable bonds is 6. The molecule has 0 spiro atoms. The van der Waals surface area contributed by atoms with Gasteiger partial charge < -0.3 is 24.1 Å². The van der Waals surface area contributed by atoms with Gasteiger partial charge in [0, 0.05) is 11.1 Å². The third kappa shape index (κ3) is 7.28. The summed E-state index contributed by atoms with van der Waals surface area (Å²) >= 11 is 0. The number of nitrogens with one attached hydrogen (secondary N) is 2. The second-order valence-electron chi connectivity index (χ2n) is 9.51. The van der Waals surface area contributed by atoms with E-state index in [1.165, 1.54) is 14.2 Å². The summed E-state index contributed by atoms with van der Waals surface area (Å²) in [7, 11) is 2.90. The first kappa shape index (κ1) is 26.8. The molecule has 2 rings (SSSR count). The normalized spacial score (nSPS) is 11.6. The minimum absolute atomic E-state index is 0.234. The Kier molecular flexibility index (Phi) is 8.39. The SMILES string of the molecule is COc1cccc(C(O)c2cccc(OC)c2NC(=O)OC(C)(C)C)c1NC(=O)OC(C)(C)C. The second kappa shape index (κ2) is 10.6. The molecule has 2 aromatic rings. The summed E-state index contributed by atoms with van der Waals surface area (Å²) in [5.41, 5.74) is -0.323. The van der Waals surface area contributed by atoms with Crippen molar-refractivity contribution in [1.29, 1.82) is 0 Å². The Labute approximate surface area is 200 Å². The number of aliphatic hydroxyl groups excluding tert-OH is 1. The van der Waals surface area contributed by atoms with Crippen LogP contribution in [0.25, 0.3) is 0 Å². The number of amides is 2. The van der Waals surface area contributed by atoms with Gasteiger partial charge in [-0.2, -0.15) is 0 Å². The maximum absolute atomic E-state index is 12.5. The smallest absolute Gasteiger partial charge is 0.412 e. The van der Waals surface area contributed by atoms with Gasteiger partial charge in [0.05, 0.1) is 25.6 Å². The van der Waals surface area contributed by atoms with Crippen LogP contribution in [0.2, 0.25) is 0 Å². The van der Waals surface area contributed by atoms with Gasteiger partial charge in [-0.3, -0.25) is 10.6 Å². The van der Waals surface area contributed by atoms with Gasteiger partial charge in [0.2, 0.25) is 0 Å². The molecule has 186 valence electrons.